The summed E-state index contributed by atoms with van der Waals surface area (Å²) < 4.78 is 6.21. The standard InChI is InChI=1S/C21H21BrClN3O3/c22-13-9-10-17-15(12-13)19(14-6-3-4-7-16(14)23)26-21(20(28)25-17)29-18(27)8-2-1-5-11-24/h3-4,6-7,9-10,12,21H,1-2,5,8,11,24H2,(H,25,28)/t21-/m1/s1. The molecule has 152 valence electrons. The molecule has 0 spiro atoms. The lowest BCUT2D eigenvalue weighted by Gasteiger charge is -2.13. The number of nitrogens with zero attached hydrogens (tertiary/aromatic N) is 1. The average molecular weight is 479 g/mol. The maximum absolute atomic E-state index is 12.7. The zero-order valence-corrected chi connectivity index (χ0v) is 18.0. The fraction of sp³-hybridized carbons (Fsp3) is 0.286. The van der Waals surface area contributed by atoms with E-state index in [2.05, 4.69) is 26.2 Å². The van der Waals surface area contributed by atoms with Crippen molar-refractivity contribution in [3.63, 3.8) is 0 Å². The van der Waals surface area contributed by atoms with Crippen molar-refractivity contribution in [1.82, 2.24) is 0 Å². The van der Waals surface area contributed by atoms with E-state index in [0.717, 1.165) is 17.3 Å². The van der Waals surface area contributed by atoms with Gasteiger partial charge < -0.3 is 15.8 Å². The van der Waals surface area contributed by atoms with Crippen molar-refractivity contribution in [2.45, 2.75) is 31.9 Å². The zero-order chi connectivity index (χ0) is 20.8. The van der Waals surface area contributed by atoms with E-state index in [4.69, 9.17) is 22.1 Å². The monoisotopic (exact) mass is 477 g/mol. The van der Waals surface area contributed by atoms with E-state index in [1.165, 1.54) is 0 Å². The number of hydrogen-bond donors (Lipinski definition) is 2. The number of esters is 1. The van der Waals surface area contributed by atoms with Gasteiger partial charge in [0.2, 0.25) is 0 Å². The number of aliphatic imine (C=N–C) groups is 1. The highest BCUT2D eigenvalue weighted by Gasteiger charge is 2.29. The van der Waals surface area contributed by atoms with E-state index >= 15 is 0 Å². The van der Waals surface area contributed by atoms with Gasteiger partial charge in [-0.3, -0.25) is 9.59 Å². The number of ether oxygens (including phenoxy) is 1. The summed E-state index contributed by atoms with van der Waals surface area (Å²) in [4.78, 5) is 29.4. The molecular weight excluding hydrogens is 458 g/mol. The molecule has 6 nitrogen and oxygen atoms in total. The van der Waals surface area contributed by atoms with Gasteiger partial charge in [-0.1, -0.05) is 52.2 Å². The van der Waals surface area contributed by atoms with Crippen molar-refractivity contribution in [3.8, 4) is 0 Å². The Labute approximate surface area is 182 Å². The van der Waals surface area contributed by atoms with Crippen molar-refractivity contribution in [3.05, 3.63) is 63.1 Å². The van der Waals surface area contributed by atoms with E-state index in [1.807, 2.05) is 30.3 Å². The molecule has 1 atom stereocenters. The summed E-state index contributed by atoms with van der Waals surface area (Å²) in [7, 11) is 0. The van der Waals surface area contributed by atoms with E-state index < -0.39 is 18.1 Å². The minimum absolute atomic E-state index is 0.208. The first-order valence-electron chi connectivity index (χ1n) is 9.32. The van der Waals surface area contributed by atoms with Crippen molar-refractivity contribution < 1.29 is 14.3 Å². The second-order valence-electron chi connectivity index (χ2n) is 6.58. The molecule has 0 aliphatic carbocycles. The Morgan fingerprint density at radius 3 is 2.72 bits per heavy atom. The molecule has 1 amide bonds. The Balaban J connectivity index is 1.94. The van der Waals surface area contributed by atoms with Gasteiger partial charge in [0.05, 0.1) is 11.4 Å². The Kier molecular flexibility index (Phi) is 7.41. The number of anilines is 1. The minimum atomic E-state index is -1.30. The summed E-state index contributed by atoms with van der Waals surface area (Å²) in [6.45, 7) is 0.583. The smallest absolute Gasteiger partial charge is 0.308 e. The van der Waals surface area contributed by atoms with E-state index in [1.54, 1.807) is 12.1 Å². The van der Waals surface area contributed by atoms with Crippen molar-refractivity contribution in [2.24, 2.45) is 10.7 Å². The van der Waals surface area contributed by atoms with Crippen LogP contribution in [0.3, 0.4) is 0 Å². The molecule has 0 unspecified atom stereocenters. The van der Waals surface area contributed by atoms with Gasteiger partial charge in [-0.05, 0) is 43.7 Å². The molecule has 2 aromatic rings. The highest BCUT2D eigenvalue weighted by molar-refractivity contribution is 9.10. The molecule has 0 aromatic heterocycles. The first-order chi connectivity index (χ1) is 14.0. The SMILES string of the molecule is NCCCCCC(=O)O[C@H]1N=C(c2ccccc2Cl)c2cc(Br)ccc2NC1=O. The summed E-state index contributed by atoms with van der Waals surface area (Å²) in [5.74, 6) is -0.984. The van der Waals surface area contributed by atoms with Crippen LogP contribution in [0.1, 0.15) is 36.8 Å². The predicted molar refractivity (Wildman–Crippen MR) is 117 cm³/mol. The highest BCUT2D eigenvalue weighted by Crippen LogP contribution is 2.30. The van der Waals surface area contributed by atoms with Crippen molar-refractivity contribution in [1.29, 1.82) is 0 Å². The van der Waals surface area contributed by atoms with Gasteiger partial charge in [-0.15, -0.1) is 0 Å². The quantitative estimate of drug-likeness (QED) is 0.459. The number of benzene rings is 2. The Morgan fingerprint density at radius 2 is 1.97 bits per heavy atom. The number of benzodiazepines with no additional fused rings is 1. The number of nitrogens with one attached hydrogen (secondary N) is 1. The van der Waals surface area contributed by atoms with Gasteiger partial charge in [0.25, 0.3) is 12.1 Å². The lowest BCUT2D eigenvalue weighted by molar-refractivity contribution is -0.153. The van der Waals surface area contributed by atoms with Gasteiger partial charge in [-0.25, -0.2) is 4.99 Å². The van der Waals surface area contributed by atoms with Gasteiger partial charge in [0.15, 0.2) is 0 Å². The van der Waals surface area contributed by atoms with Gasteiger partial charge in [0, 0.05) is 27.0 Å². The van der Waals surface area contributed by atoms with Crippen LogP contribution in [0.2, 0.25) is 5.02 Å². The third-order valence-corrected chi connectivity index (χ3v) is 5.25. The molecule has 0 saturated carbocycles. The molecule has 1 aliphatic heterocycles. The lowest BCUT2D eigenvalue weighted by atomic mass is 10.0. The van der Waals surface area contributed by atoms with Crippen LogP contribution in [-0.4, -0.2) is 30.4 Å². The molecular formula is C21H21BrClN3O3. The molecule has 29 heavy (non-hydrogen) atoms. The van der Waals surface area contributed by atoms with Gasteiger partial charge in [0.1, 0.15) is 0 Å². The zero-order valence-electron chi connectivity index (χ0n) is 15.7. The largest absolute Gasteiger partial charge is 0.430 e. The minimum Gasteiger partial charge on any atom is -0.430 e. The van der Waals surface area contributed by atoms with Crippen LogP contribution in [0.25, 0.3) is 0 Å². The molecule has 0 radical (unpaired) electrons. The average Bonchev–Trinajstić information content (AvgIpc) is 2.82. The second kappa shape index (κ2) is 10.0. The molecule has 2 aromatic carbocycles. The van der Waals surface area contributed by atoms with E-state index in [9.17, 15) is 9.59 Å². The number of rotatable bonds is 7. The molecule has 1 aliphatic rings. The fourth-order valence-electron chi connectivity index (χ4n) is 2.98. The number of amides is 1. The third kappa shape index (κ3) is 5.44. The molecule has 3 rings (SSSR count). The topological polar surface area (TPSA) is 93.8 Å². The van der Waals surface area contributed by atoms with Crippen molar-refractivity contribution in [2.75, 3.05) is 11.9 Å². The fourth-order valence-corrected chi connectivity index (χ4v) is 3.57. The summed E-state index contributed by atoms with van der Waals surface area (Å²) in [6, 6.07) is 12.6. The van der Waals surface area contributed by atoms with Crippen LogP contribution in [0, 0.1) is 0 Å². The van der Waals surface area contributed by atoms with E-state index in [0.29, 0.717) is 40.5 Å². The third-order valence-electron chi connectivity index (χ3n) is 4.42. The summed E-state index contributed by atoms with van der Waals surface area (Å²) in [5.41, 5.74) is 7.84. The summed E-state index contributed by atoms with van der Waals surface area (Å²) in [6.07, 6.45) is 1.24. The number of nitrogens with two attached hydrogens (primary N) is 1. The first-order valence-corrected chi connectivity index (χ1v) is 10.5. The molecule has 0 saturated heterocycles. The molecule has 1 heterocycles. The number of hydrogen-bond acceptors (Lipinski definition) is 5. The molecule has 8 heteroatoms. The van der Waals surface area contributed by atoms with E-state index in [-0.39, 0.29) is 6.42 Å². The number of unbranched alkanes of at least 4 members (excludes halogenated alkanes) is 2. The van der Waals surface area contributed by atoms with Crippen LogP contribution >= 0.6 is 27.5 Å². The summed E-state index contributed by atoms with van der Waals surface area (Å²) >= 11 is 9.84. The maximum Gasteiger partial charge on any atom is 0.308 e. The highest BCUT2D eigenvalue weighted by atomic mass is 79.9. The number of fused-ring (bicyclic) bond motifs is 1. The maximum atomic E-state index is 12.7. The predicted octanol–water partition coefficient (Wildman–Crippen LogP) is 4.28. The molecule has 0 bridgehead atoms. The Hall–Kier alpha value is -2.22. The summed E-state index contributed by atoms with van der Waals surface area (Å²) in [5, 5.41) is 3.27. The van der Waals surface area contributed by atoms with Crippen LogP contribution in [0.5, 0.6) is 0 Å². The van der Waals surface area contributed by atoms with Crippen LogP contribution in [0.15, 0.2) is 51.9 Å². The van der Waals surface area contributed by atoms with Gasteiger partial charge in [-0.2, -0.15) is 0 Å². The van der Waals surface area contributed by atoms with Crippen LogP contribution in [-0.2, 0) is 14.3 Å². The van der Waals surface area contributed by atoms with Crippen LogP contribution in [0.4, 0.5) is 5.69 Å². The molecule has 0 fully saturated rings. The number of carbonyl (C=O) groups excluding carboxylic acids is 2. The Bertz CT molecular complexity index is 949. The van der Waals surface area contributed by atoms with Crippen LogP contribution < -0.4 is 11.1 Å². The first kappa shape index (κ1) is 21.5. The normalized spacial score (nSPS) is 15.8. The van der Waals surface area contributed by atoms with Gasteiger partial charge >= 0.3 is 5.97 Å². The lowest BCUT2D eigenvalue weighted by Crippen LogP contribution is -2.30. The second-order valence-corrected chi connectivity index (χ2v) is 7.90. The number of halogens is 2. The van der Waals surface area contributed by atoms with Crippen molar-refractivity contribution >= 4 is 50.8 Å². The molecule has 3 N–H and O–H groups in total. The number of carbonyl (C=O) groups is 2. The Morgan fingerprint density at radius 1 is 1.17 bits per heavy atom.